The molecule has 0 spiro atoms. The van der Waals surface area contributed by atoms with Crippen molar-refractivity contribution >= 4 is 0 Å². The number of methoxy groups -OCH3 is 1. The Morgan fingerprint density at radius 3 is 2.68 bits per heavy atom. The van der Waals surface area contributed by atoms with Gasteiger partial charge in [0.15, 0.2) is 11.6 Å². The Balaban J connectivity index is 1.93. The molecule has 19 heavy (non-hydrogen) atoms. The zero-order valence-electron chi connectivity index (χ0n) is 12.1. The molecule has 0 heterocycles. The molecule has 1 aromatic rings. The Hall–Kier alpha value is -1.09. The Labute approximate surface area is 115 Å². The number of hydrogen-bond donors (Lipinski definition) is 1. The minimum Gasteiger partial charge on any atom is -0.494 e. The molecule has 1 unspecified atom stereocenters. The first-order valence-corrected chi connectivity index (χ1v) is 7.17. The van der Waals surface area contributed by atoms with Crippen molar-refractivity contribution in [3.63, 3.8) is 0 Å². The van der Waals surface area contributed by atoms with Crippen molar-refractivity contribution < 1.29 is 9.13 Å². The lowest BCUT2D eigenvalue weighted by Gasteiger charge is -2.20. The Morgan fingerprint density at radius 1 is 1.42 bits per heavy atom. The molecule has 1 aromatic carbocycles. The van der Waals surface area contributed by atoms with Crippen LogP contribution in [0, 0.1) is 11.2 Å². The van der Waals surface area contributed by atoms with Gasteiger partial charge in [-0.05, 0) is 49.3 Å². The van der Waals surface area contributed by atoms with Gasteiger partial charge in [-0.3, -0.25) is 0 Å². The van der Waals surface area contributed by atoms with Crippen molar-refractivity contribution in [2.45, 2.75) is 45.6 Å². The van der Waals surface area contributed by atoms with E-state index in [2.05, 4.69) is 19.2 Å². The molecule has 1 N–H and O–H groups in total. The first-order valence-electron chi connectivity index (χ1n) is 7.17. The minimum atomic E-state index is -0.289. The van der Waals surface area contributed by atoms with E-state index in [4.69, 9.17) is 4.74 Å². The Morgan fingerprint density at radius 2 is 2.16 bits per heavy atom. The van der Waals surface area contributed by atoms with E-state index in [0.717, 1.165) is 12.1 Å². The maximum atomic E-state index is 13.7. The molecule has 3 heteroatoms. The number of halogens is 1. The lowest BCUT2D eigenvalue weighted by molar-refractivity contribution is 0.382. The molecule has 0 aliphatic heterocycles. The quantitative estimate of drug-likeness (QED) is 0.802. The number of nitrogens with one attached hydrogen (secondary N) is 1. The molecule has 0 amide bonds. The molecule has 1 saturated carbocycles. The summed E-state index contributed by atoms with van der Waals surface area (Å²) < 4.78 is 18.6. The largest absolute Gasteiger partial charge is 0.494 e. The fourth-order valence-electron chi connectivity index (χ4n) is 2.66. The number of ether oxygens (including phenoxy) is 1. The first kappa shape index (κ1) is 14.3. The van der Waals surface area contributed by atoms with Crippen LogP contribution in [0.15, 0.2) is 18.2 Å². The van der Waals surface area contributed by atoms with Crippen LogP contribution in [0.3, 0.4) is 0 Å². The van der Waals surface area contributed by atoms with Crippen LogP contribution in [0.4, 0.5) is 4.39 Å². The average Bonchev–Trinajstić information content (AvgIpc) is 3.16. The summed E-state index contributed by atoms with van der Waals surface area (Å²) in [4.78, 5) is 0. The predicted molar refractivity (Wildman–Crippen MR) is 75.9 cm³/mol. The van der Waals surface area contributed by atoms with E-state index < -0.39 is 0 Å². The van der Waals surface area contributed by atoms with Crippen LogP contribution in [-0.2, 0) is 0 Å². The SMILES string of the molecule is CCCC1(CNC(C)c2ccc(OC)c(F)c2)CC1. The summed E-state index contributed by atoms with van der Waals surface area (Å²) in [5, 5.41) is 3.54. The van der Waals surface area contributed by atoms with Crippen LogP contribution >= 0.6 is 0 Å². The molecular formula is C16H24FNO. The molecule has 1 aliphatic rings. The molecule has 0 radical (unpaired) electrons. The standard InChI is InChI=1S/C16H24FNO/c1-4-7-16(8-9-16)11-18-12(2)13-5-6-15(19-3)14(17)10-13/h5-6,10,12,18H,4,7-9,11H2,1-3H3. The van der Waals surface area contributed by atoms with E-state index in [1.807, 2.05) is 6.07 Å². The van der Waals surface area contributed by atoms with E-state index >= 15 is 0 Å². The number of rotatable bonds is 7. The second kappa shape index (κ2) is 5.91. The maximum Gasteiger partial charge on any atom is 0.165 e. The van der Waals surface area contributed by atoms with Crippen LogP contribution in [0.5, 0.6) is 5.75 Å². The van der Waals surface area contributed by atoms with E-state index in [1.54, 1.807) is 12.1 Å². The van der Waals surface area contributed by atoms with Crippen molar-refractivity contribution in [2.75, 3.05) is 13.7 Å². The molecule has 0 aromatic heterocycles. The van der Waals surface area contributed by atoms with Crippen molar-refractivity contribution in [3.8, 4) is 5.75 Å². The molecule has 1 atom stereocenters. The maximum absolute atomic E-state index is 13.7. The second-order valence-electron chi connectivity index (χ2n) is 5.75. The molecule has 2 rings (SSSR count). The van der Waals surface area contributed by atoms with Crippen molar-refractivity contribution in [2.24, 2.45) is 5.41 Å². The Bertz CT molecular complexity index is 429. The minimum absolute atomic E-state index is 0.176. The molecule has 2 nitrogen and oxygen atoms in total. The third kappa shape index (κ3) is 3.47. The summed E-state index contributed by atoms with van der Waals surface area (Å²) in [5.41, 5.74) is 1.50. The average molecular weight is 265 g/mol. The van der Waals surface area contributed by atoms with Gasteiger partial charge in [-0.2, -0.15) is 0 Å². The molecule has 1 fully saturated rings. The zero-order chi connectivity index (χ0) is 13.9. The second-order valence-corrected chi connectivity index (χ2v) is 5.75. The highest BCUT2D eigenvalue weighted by molar-refractivity contribution is 5.30. The van der Waals surface area contributed by atoms with Gasteiger partial charge in [-0.25, -0.2) is 4.39 Å². The van der Waals surface area contributed by atoms with Crippen LogP contribution in [0.2, 0.25) is 0 Å². The highest BCUT2D eigenvalue weighted by atomic mass is 19.1. The molecule has 0 saturated heterocycles. The lowest BCUT2D eigenvalue weighted by Crippen LogP contribution is -2.26. The normalized spacial score (nSPS) is 18.1. The molecular weight excluding hydrogens is 241 g/mol. The fourth-order valence-corrected chi connectivity index (χ4v) is 2.66. The van der Waals surface area contributed by atoms with Gasteiger partial charge in [0.25, 0.3) is 0 Å². The highest BCUT2D eigenvalue weighted by Gasteiger charge is 2.41. The number of hydrogen-bond acceptors (Lipinski definition) is 2. The summed E-state index contributed by atoms with van der Waals surface area (Å²) in [5.74, 6) is 0.0175. The van der Waals surface area contributed by atoms with Gasteiger partial charge in [0.05, 0.1) is 7.11 Å². The lowest BCUT2D eigenvalue weighted by atomic mass is 9.99. The van der Waals surface area contributed by atoms with Gasteiger partial charge in [-0.15, -0.1) is 0 Å². The third-order valence-corrected chi connectivity index (χ3v) is 4.20. The van der Waals surface area contributed by atoms with Crippen molar-refractivity contribution in [1.82, 2.24) is 5.32 Å². The molecule has 106 valence electrons. The van der Waals surface area contributed by atoms with Crippen LogP contribution in [0.25, 0.3) is 0 Å². The zero-order valence-corrected chi connectivity index (χ0v) is 12.1. The van der Waals surface area contributed by atoms with E-state index in [1.165, 1.54) is 32.8 Å². The summed E-state index contributed by atoms with van der Waals surface area (Å²) >= 11 is 0. The molecule has 1 aliphatic carbocycles. The summed E-state index contributed by atoms with van der Waals surface area (Å²) in [6.07, 6.45) is 5.20. The van der Waals surface area contributed by atoms with Crippen molar-refractivity contribution in [1.29, 1.82) is 0 Å². The molecule has 0 bridgehead atoms. The van der Waals surface area contributed by atoms with Gasteiger partial charge in [-0.1, -0.05) is 19.4 Å². The van der Waals surface area contributed by atoms with Gasteiger partial charge in [0.2, 0.25) is 0 Å². The number of benzene rings is 1. The third-order valence-electron chi connectivity index (χ3n) is 4.20. The van der Waals surface area contributed by atoms with Crippen LogP contribution < -0.4 is 10.1 Å². The van der Waals surface area contributed by atoms with Gasteiger partial charge < -0.3 is 10.1 Å². The smallest absolute Gasteiger partial charge is 0.165 e. The topological polar surface area (TPSA) is 21.3 Å². The fraction of sp³-hybridized carbons (Fsp3) is 0.625. The summed E-state index contributed by atoms with van der Waals surface area (Å²) in [6.45, 7) is 5.36. The van der Waals surface area contributed by atoms with Gasteiger partial charge in [0.1, 0.15) is 0 Å². The predicted octanol–water partition coefficient (Wildman–Crippen LogP) is 4.07. The van der Waals surface area contributed by atoms with E-state index in [9.17, 15) is 4.39 Å². The summed E-state index contributed by atoms with van der Waals surface area (Å²) in [7, 11) is 1.49. The van der Waals surface area contributed by atoms with Crippen molar-refractivity contribution in [3.05, 3.63) is 29.6 Å². The van der Waals surface area contributed by atoms with Gasteiger partial charge >= 0.3 is 0 Å². The highest BCUT2D eigenvalue weighted by Crippen LogP contribution is 2.49. The Kier molecular flexibility index (Phi) is 4.46. The van der Waals surface area contributed by atoms with Gasteiger partial charge in [0, 0.05) is 12.6 Å². The van der Waals surface area contributed by atoms with E-state index in [0.29, 0.717) is 11.2 Å². The first-order chi connectivity index (χ1) is 9.10. The van der Waals surface area contributed by atoms with E-state index in [-0.39, 0.29) is 11.9 Å². The van der Waals surface area contributed by atoms with Crippen LogP contribution in [-0.4, -0.2) is 13.7 Å². The van der Waals surface area contributed by atoms with Crippen LogP contribution in [0.1, 0.15) is 51.1 Å². The monoisotopic (exact) mass is 265 g/mol. The summed E-state index contributed by atoms with van der Waals surface area (Å²) in [6, 6.07) is 5.37.